The number of aromatic amines is 1. The molecule has 1 fully saturated rings. The highest BCUT2D eigenvalue weighted by Crippen LogP contribution is 2.54. The standard InChI is InChI=1S/C21H22N4O2/c1-27-19-10-15-18(25-20(23-7-8-26)21(15)4-2-5-21)9-14(19)17-11-16-13(12-24-17)3-6-22-16/h3,6,9-12,22,26H,2,4-5,7-8H2,1H3,(H,23,25). The molecule has 0 unspecified atom stereocenters. The Morgan fingerprint density at radius 2 is 2.19 bits per heavy atom. The van der Waals surface area contributed by atoms with E-state index in [0.29, 0.717) is 6.54 Å². The molecular weight excluding hydrogens is 340 g/mol. The quantitative estimate of drug-likeness (QED) is 0.665. The molecule has 1 aromatic carbocycles. The molecule has 3 N–H and O–H groups in total. The molecule has 2 aromatic heterocycles. The number of aliphatic hydroxyl groups is 1. The molecule has 3 heterocycles. The normalized spacial score (nSPS) is 16.9. The number of fused-ring (bicyclic) bond motifs is 3. The van der Waals surface area contributed by atoms with Gasteiger partial charge in [-0.15, -0.1) is 0 Å². The summed E-state index contributed by atoms with van der Waals surface area (Å²) in [6.45, 7) is 0.615. The number of methoxy groups -OCH3 is 1. The summed E-state index contributed by atoms with van der Waals surface area (Å²) in [5.74, 6) is 1.79. The summed E-state index contributed by atoms with van der Waals surface area (Å²) >= 11 is 0. The molecule has 1 saturated carbocycles. The summed E-state index contributed by atoms with van der Waals surface area (Å²) in [6.07, 6.45) is 7.13. The molecule has 1 spiro atoms. The number of hydrogen-bond donors (Lipinski definition) is 3. The van der Waals surface area contributed by atoms with Crippen LogP contribution in [0.5, 0.6) is 5.75 Å². The highest BCUT2D eigenvalue weighted by atomic mass is 16.5. The van der Waals surface area contributed by atoms with E-state index in [2.05, 4.69) is 27.4 Å². The van der Waals surface area contributed by atoms with Gasteiger partial charge in [-0.05, 0) is 42.7 Å². The van der Waals surface area contributed by atoms with E-state index in [1.165, 1.54) is 12.0 Å². The first-order valence-electron chi connectivity index (χ1n) is 9.35. The average molecular weight is 362 g/mol. The van der Waals surface area contributed by atoms with Gasteiger partial charge in [0.05, 0.1) is 30.5 Å². The van der Waals surface area contributed by atoms with Crippen molar-refractivity contribution in [3.63, 3.8) is 0 Å². The van der Waals surface area contributed by atoms with Gasteiger partial charge in [-0.2, -0.15) is 0 Å². The van der Waals surface area contributed by atoms with Crippen LogP contribution in [0.15, 0.2) is 41.7 Å². The van der Waals surface area contributed by atoms with Crippen molar-refractivity contribution in [3.8, 4) is 17.0 Å². The van der Waals surface area contributed by atoms with Gasteiger partial charge in [-0.3, -0.25) is 4.98 Å². The molecule has 2 aliphatic rings. The molecule has 6 nitrogen and oxygen atoms in total. The molecule has 138 valence electrons. The van der Waals surface area contributed by atoms with Gasteiger partial charge in [0.25, 0.3) is 0 Å². The smallest absolute Gasteiger partial charge is 0.128 e. The van der Waals surface area contributed by atoms with E-state index in [-0.39, 0.29) is 12.0 Å². The summed E-state index contributed by atoms with van der Waals surface area (Å²) in [7, 11) is 1.70. The second-order valence-corrected chi connectivity index (χ2v) is 7.25. The fourth-order valence-corrected chi connectivity index (χ4v) is 4.28. The Labute approximate surface area is 157 Å². The first-order valence-corrected chi connectivity index (χ1v) is 9.35. The number of ether oxygens (including phenoxy) is 1. The molecule has 27 heavy (non-hydrogen) atoms. The van der Waals surface area contributed by atoms with Crippen LogP contribution in [0.25, 0.3) is 22.2 Å². The largest absolute Gasteiger partial charge is 0.496 e. The van der Waals surface area contributed by atoms with Crippen LogP contribution in [0.4, 0.5) is 5.69 Å². The lowest BCUT2D eigenvalue weighted by atomic mass is 9.64. The number of rotatable bonds is 4. The zero-order valence-corrected chi connectivity index (χ0v) is 15.2. The zero-order chi connectivity index (χ0) is 18.4. The fourth-order valence-electron chi connectivity index (χ4n) is 4.28. The zero-order valence-electron chi connectivity index (χ0n) is 15.2. The third-order valence-electron chi connectivity index (χ3n) is 5.84. The lowest BCUT2D eigenvalue weighted by molar-refractivity contribution is 0.294. The van der Waals surface area contributed by atoms with Gasteiger partial charge in [-0.25, -0.2) is 4.99 Å². The van der Waals surface area contributed by atoms with Crippen molar-refractivity contribution in [1.82, 2.24) is 15.3 Å². The number of benzene rings is 1. The Morgan fingerprint density at radius 1 is 1.30 bits per heavy atom. The number of aliphatic imine (C=N–C) groups is 1. The average Bonchev–Trinajstić information content (AvgIpc) is 3.25. The molecule has 0 saturated heterocycles. The van der Waals surface area contributed by atoms with Crippen LogP contribution in [0, 0.1) is 0 Å². The fraction of sp³-hybridized carbons (Fsp3) is 0.333. The van der Waals surface area contributed by atoms with Gasteiger partial charge in [-0.1, -0.05) is 6.42 Å². The summed E-state index contributed by atoms with van der Waals surface area (Å²) < 4.78 is 5.74. The van der Waals surface area contributed by atoms with Crippen LogP contribution in [0.2, 0.25) is 0 Å². The highest BCUT2D eigenvalue weighted by Gasteiger charge is 2.48. The summed E-state index contributed by atoms with van der Waals surface area (Å²) in [5, 5.41) is 13.6. The van der Waals surface area contributed by atoms with E-state index in [1.54, 1.807) is 7.11 Å². The van der Waals surface area contributed by atoms with Crippen molar-refractivity contribution in [2.75, 3.05) is 20.3 Å². The van der Waals surface area contributed by atoms with E-state index in [1.807, 2.05) is 24.5 Å². The van der Waals surface area contributed by atoms with Gasteiger partial charge in [0, 0.05) is 35.4 Å². The summed E-state index contributed by atoms with van der Waals surface area (Å²) in [5.41, 5.74) is 4.99. The first kappa shape index (κ1) is 16.3. The molecule has 3 aromatic rings. The Bertz CT molecular complexity index is 1050. The number of nitrogens with zero attached hydrogens (tertiary/aromatic N) is 2. The van der Waals surface area contributed by atoms with E-state index in [0.717, 1.165) is 52.3 Å². The van der Waals surface area contributed by atoms with Crippen molar-refractivity contribution in [1.29, 1.82) is 0 Å². The van der Waals surface area contributed by atoms with Crippen molar-refractivity contribution in [3.05, 3.63) is 42.2 Å². The lowest BCUT2D eigenvalue weighted by Crippen LogP contribution is -2.47. The molecule has 0 atom stereocenters. The Kier molecular flexibility index (Phi) is 3.68. The second-order valence-electron chi connectivity index (χ2n) is 7.25. The molecule has 0 bridgehead atoms. The Balaban J connectivity index is 1.63. The molecule has 6 heteroatoms. The van der Waals surface area contributed by atoms with Gasteiger partial charge in [0.15, 0.2) is 0 Å². The minimum atomic E-state index is -0.0485. The molecule has 1 aliphatic heterocycles. The first-order chi connectivity index (χ1) is 13.2. The Morgan fingerprint density at radius 3 is 2.93 bits per heavy atom. The minimum absolute atomic E-state index is 0.0485. The van der Waals surface area contributed by atoms with E-state index in [4.69, 9.17) is 9.73 Å². The molecular formula is C21H22N4O2. The van der Waals surface area contributed by atoms with Crippen LogP contribution >= 0.6 is 0 Å². The topological polar surface area (TPSA) is 82.5 Å². The SMILES string of the molecule is COc1cc2c(cc1-c1cc3[nH]ccc3cn1)N=C(NCCO)C21CCC1. The molecule has 0 amide bonds. The monoisotopic (exact) mass is 362 g/mol. The summed E-state index contributed by atoms with van der Waals surface area (Å²) in [4.78, 5) is 12.7. The van der Waals surface area contributed by atoms with Crippen LogP contribution in [0.1, 0.15) is 24.8 Å². The van der Waals surface area contributed by atoms with Crippen LogP contribution < -0.4 is 10.1 Å². The van der Waals surface area contributed by atoms with Crippen LogP contribution in [0.3, 0.4) is 0 Å². The maximum Gasteiger partial charge on any atom is 0.128 e. The number of aliphatic hydroxyl groups excluding tert-OH is 1. The minimum Gasteiger partial charge on any atom is -0.496 e. The highest BCUT2D eigenvalue weighted by molar-refractivity contribution is 6.02. The van der Waals surface area contributed by atoms with Crippen LogP contribution in [-0.4, -0.2) is 41.2 Å². The van der Waals surface area contributed by atoms with Gasteiger partial charge in [0.1, 0.15) is 11.6 Å². The predicted octanol–water partition coefficient (Wildman–Crippen LogP) is 3.29. The second kappa shape index (κ2) is 6.09. The molecule has 5 rings (SSSR count). The molecule has 1 aliphatic carbocycles. The number of aromatic nitrogens is 2. The van der Waals surface area contributed by atoms with Crippen molar-refractivity contribution in [2.24, 2.45) is 4.99 Å². The maximum absolute atomic E-state index is 9.20. The van der Waals surface area contributed by atoms with E-state index in [9.17, 15) is 5.11 Å². The third-order valence-corrected chi connectivity index (χ3v) is 5.84. The lowest BCUT2D eigenvalue weighted by Gasteiger charge is -2.40. The number of H-pyrrole nitrogens is 1. The number of hydrogen-bond acceptors (Lipinski definition) is 5. The Hall–Kier alpha value is -2.86. The maximum atomic E-state index is 9.20. The predicted molar refractivity (Wildman–Crippen MR) is 106 cm³/mol. The van der Waals surface area contributed by atoms with Crippen molar-refractivity contribution in [2.45, 2.75) is 24.7 Å². The van der Waals surface area contributed by atoms with Crippen LogP contribution in [-0.2, 0) is 5.41 Å². The third kappa shape index (κ3) is 2.36. The number of nitrogens with one attached hydrogen (secondary N) is 2. The van der Waals surface area contributed by atoms with Gasteiger partial charge < -0.3 is 20.1 Å². The summed E-state index contributed by atoms with van der Waals surface area (Å²) in [6, 6.07) is 8.26. The van der Waals surface area contributed by atoms with Crippen molar-refractivity contribution < 1.29 is 9.84 Å². The number of amidine groups is 1. The molecule has 0 radical (unpaired) electrons. The van der Waals surface area contributed by atoms with E-state index >= 15 is 0 Å². The van der Waals surface area contributed by atoms with Gasteiger partial charge >= 0.3 is 0 Å². The van der Waals surface area contributed by atoms with E-state index < -0.39 is 0 Å². The number of pyridine rings is 1. The van der Waals surface area contributed by atoms with Gasteiger partial charge in [0.2, 0.25) is 0 Å². The van der Waals surface area contributed by atoms with Crippen molar-refractivity contribution >= 4 is 22.4 Å².